The number of alkyl halides is 3. The van der Waals surface area contributed by atoms with Gasteiger partial charge in [-0.25, -0.2) is 4.79 Å². The summed E-state index contributed by atoms with van der Waals surface area (Å²) in [6.07, 6.45) is -4.52. The first-order valence-electron chi connectivity index (χ1n) is 6.32. The Labute approximate surface area is 139 Å². The Bertz CT molecular complexity index is 759. The number of anilines is 1. The van der Waals surface area contributed by atoms with Gasteiger partial charge >= 0.3 is 12.1 Å². The lowest BCUT2D eigenvalue weighted by molar-refractivity contribution is -0.137. The third kappa shape index (κ3) is 3.94. The van der Waals surface area contributed by atoms with Crippen LogP contribution in [-0.4, -0.2) is 16.1 Å². The van der Waals surface area contributed by atoms with E-state index in [0.717, 1.165) is 24.1 Å². The number of hydrogen-bond donors (Lipinski definition) is 3. The minimum atomic E-state index is -4.52. The molecule has 0 spiro atoms. The van der Waals surface area contributed by atoms with Gasteiger partial charge in [-0.3, -0.25) is 0 Å². The number of carbonyl (C=O) groups is 1. The normalized spacial score (nSPS) is 11.6. The monoisotopic (exact) mass is 364 g/mol. The van der Waals surface area contributed by atoms with E-state index >= 15 is 0 Å². The van der Waals surface area contributed by atoms with Gasteiger partial charge in [-0.1, -0.05) is 11.6 Å². The molecule has 2 rings (SSSR count). The number of nitrogens with one attached hydrogen (secondary N) is 2. The maximum Gasteiger partial charge on any atom is 0.416 e. The van der Waals surface area contributed by atoms with Crippen LogP contribution in [0, 0.1) is 13.8 Å². The average Bonchev–Trinajstić information content (AvgIpc) is 2.69. The Hall–Kier alpha value is -1.80. The Kier molecular flexibility index (Phi) is 4.86. The molecule has 9 heteroatoms. The molecule has 0 atom stereocenters. The van der Waals surface area contributed by atoms with E-state index in [0.29, 0.717) is 16.3 Å². The number of carboxylic acid groups (broad SMARTS) is 1. The third-order valence-corrected chi connectivity index (χ3v) is 4.30. The predicted molar refractivity (Wildman–Crippen MR) is 83.2 cm³/mol. The van der Waals surface area contributed by atoms with Crippen molar-refractivity contribution in [1.29, 1.82) is 0 Å². The molecule has 0 aliphatic heterocycles. The predicted octanol–water partition coefficient (Wildman–Crippen LogP) is 5.12. The van der Waals surface area contributed by atoms with E-state index in [-0.39, 0.29) is 16.3 Å². The van der Waals surface area contributed by atoms with E-state index in [4.69, 9.17) is 11.6 Å². The summed E-state index contributed by atoms with van der Waals surface area (Å²) in [4.78, 5) is 14.6. The fraction of sp³-hybridized carbons (Fsp3) is 0.214. The minimum Gasteiger partial charge on any atom is -0.478 e. The lowest BCUT2D eigenvalue weighted by atomic mass is 10.2. The second-order valence-corrected chi connectivity index (χ2v) is 6.07. The van der Waals surface area contributed by atoms with Gasteiger partial charge in [0.05, 0.1) is 16.0 Å². The number of benzene rings is 1. The van der Waals surface area contributed by atoms with Gasteiger partial charge in [0.2, 0.25) is 0 Å². The highest BCUT2D eigenvalue weighted by molar-refractivity contribution is 8.00. The van der Waals surface area contributed by atoms with E-state index in [1.165, 1.54) is 6.07 Å². The highest BCUT2D eigenvalue weighted by Crippen LogP contribution is 2.35. The van der Waals surface area contributed by atoms with Crippen molar-refractivity contribution in [3.8, 4) is 0 Å². The largest absolute Gasteiger partial charge is 0.478 e. The summed E-state index contributed by atoms with van der Waals surface area (Å²) < 4.78 is 41.0. The van der Waals surface area contributed by atoms with Gasteiger partial charge in [-0.05, 0) is 44.0 Å². The number of aryl methyl sites for hydroxylation is 2. The van der Waals surface area contributed by atoms with Crippen LogP contribution in [0.3, 0.4) is 0 Å². The third-order valence-electron chi connectivity index (χ3n) is 3.03. The molecule has 0 saturated carbocycles. The molecule has 4 nitrogen and oxygen atoms in total. The number of aromatic nitrogens is 1. The van der Waals surface area contributed by atoms with E-state index in [2.05, 4.69) is 9.71 Å². The van der Waals surface area contributed by atoms with Gasteiger partial charge in [-0.15, -0.1) is 0 Å². The summed E-state index contributed by atoms with van der Waals surface area (Å²) in [7, 11) is 0. The van der Waals surface area contributed by atoms with Gasteiger partial charge in [-0.2, -0.15) is 13.2 Å². The van der Waals surface area contributed by atoms with E-state index in [1.807, 2.05) is 0 Å². The molecule has 0 unspecified atom stereocenters. The van der Waals surface area contributed by atoms with Crippen molar-refractivity contribution < 1.29 is 23.1 Å². The number of hydrogen-bond acceptors (Lipinski definition) is 3. The first-order valence-corrected chi connectivity index (χ1v) is 7.52. The Morgan fingerprint density at radius 3 is 2.48 bits per heavy atom. The van der Waals surface area contributed by atoms with Gasteiger partial charge in [0.15, 0.2) is 0 Å². The summed E-state index contributed by atoms with van der Waals surface area (Å²) in [6, 6.07) is 3.07. The second kappa shape index (κ2) is 6.37. The molecule has 0 aliphatic rings. The first-order chi connectivity index (χ1) is 10.6. The zero-order chi connectivity index (χ0) is 17.4. The highest BCUT2D eigenvalue weighted by atomic mass is 35.5. The highest BCUT2D eigenvalue weighted by Gasteiger charge is 2.31. The fourth-order valence-electron chi connectivity index (χ4n) is 2.07. The zero-order valence-corrected chi connectivity index (χ0v) is 13.6. The topological polar surface area (TPSA) is 65.1 Å². The standard InChI is InChI=1S/C14H12ClF3N2O2S/c1-6-11(13(21)22)12(7(2)19-6)23-20-10-4-8(14(16,17)18)3-9(15)5-10/h3-5,19-20H,1-2H3,(H,21,22). The van der Waals surface area contributed by atoms with Crippen LogP contribution in [0.1, 0.15) is 27.3 Å². The van der Waals surface area contributed by atoms with Crippen LogP contribution >= 0.6 is 23.5 Å². The summed E-state index contributed by atoms with van der Waals surface area (Å²) in [5.41, 5.74) is 0.410. The molecule has 0 bridgehead atoms. The first kappa shape index (κ1) is 17.6. The van der Waals surface area contributed by atoms with Gasteiger partial charge < -0.3 is 14.8 Å². The SMILES string of the molecule is Cc1[nH]c(C)c(C(=O)O)c1SNc1cc(Cl)cc(C(F)(F)F)c1. The van der Waals surface area contributed by atoms with Crippen LogP contribution in [0.25, 0.3) is 0 Å². The van der Waals surface area contributed by atoms with Crippen LogP contribution in [-0.2, 0) is 6.18 Å². The van der Waals surface area contributed by atoms with Crippen molar-refractivity contribution in [1.82, 2.24) is 4.98 Å². The molecule has 3 N–H and O–H groups in total. The molecule has 1 aromatic heterocycles. The zero-order valence-electron chi connectivity index (χ0n) is 12.0. The van der Waals surface area contributed by atoms with Crippen molar-refractivity contribution in [2.24, 2.45) is 0 Å². The van der Waals surface area contributed by atoms with Crippen molar-refractivity contribution >= 4 is 35.2 Å². The number of H-pyrrole nitrogens is 1. The molecule has 0 saturated heterocycles. The van der Waals surface area contributed by atoms with E-state index < -0.39 is 17.7 Å². The maximum absolute atomic E-state index is 12.8. The van der Waals surface area contributed by atoms with Gasteiger partial charge in [0, 0.05) is 22.1 Å². The van der Waals surface area contributed by atoms with Crippen molar-refractivity contribution in [3.63, 3.8) is 0 Å². The molecule has 124 valence electrons. The fourth-order valence-corrected chi connectivity index (χ4v) is 3.19. The van der Waals surface area contributed by atoms with Gasteiger partial charge in [0.1, 0.15) is 0 Å². The summed E-state index contributed by atoms with van der Waals surface area (Å²) in [6.45, 7) is 3.30. The van der Waals surface area contributed by atoms with Crippen LogP contribution in [0.4, 0.5) is 18.9 Å². The lowest BCUT2D eigenvalue weighted by Crippen LogP contribution is -2.05. The molecule has 23 heavy (non-hydrogen) atoms. The Morgan fingerprint density at radius 1 is 1.26 bits per heavy atom. The van der Waals surface area contributed by atoms with Crippen molar-refractivity contribution in [2.45, 2.75) is 24.9 Å². The number of aromatic amines is 1. The summed E-state index contributed by atoms with van der Waals surface area (Å²) in [5.74, 6) is -1.11. The molecule has 0 radical (unpaired) electrons. The minimum absolute atomic E-state index is 0.0663. The number of carboxylic acids is 1. The van der Waals surface area contributed by atoms with E-state index in [9.17, 15) is 23.1 Å². The average molecular weight is 365 g/mol. The van der Waals surface area contributed by atoms with Crippen LogP contribution in [0.2, 0.25) is 5.02 Å². The van der Waals surface area contributed by atoms with E-state index in [1.54, 1.807) is 13.8 Å². The Morgan fingerprint density at radius 2 is 1.91 bits per heavy atom. The molecule has 1 aromatic carbocycles. The molecule has 1 heterocycles. The maximum atomic E-state index is 12.8. The summed E-state index contributed by atoms with van der Waals surface area (Å²) >= 11 is 6.62. The van der Waals surface area contributed by atoms with Crippen LogP contribution in [0.15, 0.2) is 23.1 Å². The molecular formula is C14H12ClF3N2O2S. The molecular weight excluding hydrogens is 353 g/mol. The molecule has 0 fully saturated rings. The number of halogens is 4. The lowest BCUT2D eigenvalue weighted by Gasteiger charge is -2.11. The number of rotatable bonds is 4. The van der Waals surface area contributed by atoms with Gasteiger partial charge in [0.25, 0.3) is 0 Å². The van der Waals surface area contributed by atoms with Crippen LogP contribution in [0.5, 0.6) is 0 Å². The molecule has 0 aliphatic carbocycles. The smallest absolute Gasteiger partial charge is 0.416 e. The second-order valence-electron chi connectivity index (χ2n) is 4.81. The number of aromatic carboxylic acids is 1. The van der Waals surface area contributed by atoms with Crippen molar-refractivity contribution in [3.05, 3.63) is 45.7 Å². The molecule has 2 aromatic rings. The quantitative estimate of drug-likeness (QED) is 0.659. The van der Waals surface area contributed by atoms with Crippen molar-refractivity contribution in [2.75, 3.05) is 4.72 Å². The summed E-state index contributed by atoms with van der Waals surface area (Å²) in [5, 5.41) is 9.15. The van der Waals surface area contributed by atoms with Crippen LogP contribution < -0.4 is 4.72 Å². The molecule has 0 amide bonds. The Balaban J connectivity index is 2.29.